The van der Waals surface area contributed by atoms with E-state index in [4.69, 9.17) is 18.9 Å². The fourth-order valence-corrected chi connectivity index (χ4v) is 5.49. The zero-order valence-electron chi connectivity index (χ0n) is 19.7. The van der Waals surface area contributed by atoms with Crippen LogP contribution in [0.3, 0.4) is 0 Å². The molecule has 4 heteroatoms. The van der Waals surface area contributed by atoms with Gasteiger partial charge in [0.1, 0.15) is 23.0 Å². The number of rotatable bonds is 6. The summed E-state index contributed by atoms with van der Waals surface area (Å²) in [7, 11) is 6.89. The van der Waals surface area contributed by atoms with Crippen LogP contribution in [0.15, 0.2) is 54.6 Å². The van der Waals surface area contributed by atoms with E-state index >= 15 is 0 Å². The van der Waals surface area contributed by atoms with E-state index in [1.54, 1.807) is 28.4 Å². The molecule has 0 spiro atoms. The average Bonchev–Trinajstić information content (AvgIpc) is 2.87. The fraction of sp³-hybridized carbons (Fsp3) is 0.310. The summed E-state index contributed by atoms with van der Waals surface area (Å²) >= 11 is 0. The van der Waals surface area contributed by atoms with Gasteiger partial charge < -0.3 is 18.9 Å². The molecular formula is C29H30O4. The SMILES string of the molecule is COc1ccc(OC)c(CC2CCCc3c2ccc2c3cc(OC)c3c(OC)cccc32)c1. The molecule has 0 aliphatic heterocycles. The van der Waals surface area contributed by atoms with E-state index < -0.39 is 0 Å². The van der Waals surface area contributed by atoms with Crippen molar-refractivity contribution in [2.24, 2.45) is 0 Å². The third-order valence-corrected chi connectivity index (χ3v) is 7.04. The highest BCUT2D eigenvalue weighted by atomic mass is 16.5. The van der Waals surface area contributed by atoms with Crippen LogP contribution in [0.5, 0.6) is 23.0 Å². The van der Waals surface area contributed by atoms with Crippen LogP contribution >= 0.6 is 0 Å². The van der Waals surface area contributed by atoms with Crippen molar-refractivity contribution in [3.8, 4) is 23.0 Å². The minimum Gasteiger partial charge on any atom is -0.497 e. The first kappa shape index (κ1) is 21.4. The topological polar surface area (TPSA) is 36.9 Å². The number of aryl methyl sites for hydroxylation is 1. The number of hydrogen-bond donors (Lipinski definition) is 0. The first-order valence-corrected chi connectivity index (χ1v) is 11.5. The molecule has 0 aromatic heterocycles. The van der Waals surface area contributed by atoms with Crippen LogP contribution in [0.2, 0.25) is 0 Å². The summed E-state index contributed by atoms with van der Waals surface area (Å²) in [5, 5.41) is 4.74. The summed E-state index contributed by atoms with van der Waals surface area (Å²) in [5.41, 5.74) is 4.06. The Morgan fingerprint density at radius 3 is 2.30 bits per heavy atom. The highest BCUT2D eigenvalue weighted by Crippen LogP contribution is 2.44. The van der Waals surface area contributed by atoms with E-state index in [1.165, 1.54) is 39.3 Å². The van der Waals surface area contributed by atoms with Gasteiger partial charge in [-0.05, 0) is 94.8 Å². The normalized spacial score (nSPS) is 15.3. The third-order valence-electron chi connectivity index (χ3n) is 7.04. The Morgan fingerprint density at radius 1 is 0.727 bits per heavy atom. The quantitative estimate of drug-likeness (QED) is 0.312. The lowest BCUT2D eigenvalue weighted by Crippen LogP contribution is -2.13. The van der Waals surface area contributed by atoms with Gasteiger partial charge >= 0.3 is 0 Å². The number of fused-ring (bicyclic) bond motifs is 5. The number of hydrogen-bond acceptors (Lipinski definition) is 4. The summed E-state index contributed by atoms with van der Waals surface area (Å²) in [6.07, 6.45) is 4.34. The second kappa shape index (κ2) is 8.86. The van der Waals surface area contributed by atoms with Crippen LogP contribution in [0.1, 0.15) is 35.4 Å². The Morgan fingerprint density at radius 2 is 1.55 bits per heavy atom. The molecule has 0 bridgehead atoms. The summed E-state index contributed by atoms with van der Waals surface area (Å²) in [4.78, 5) is 0. The van der Waals surface area contributed by atoms with Crippen molar-refractivity contribution in [1.29, 1.82) is 0 Å². The van der Waals surface area contributed by atoms with Crippen molar-refractivity contribution < 1.29 is 18.9 Å². The largest absolute Gasteiger partial charge is 0.497 e. The van der Waals surface area contributed by atoms with Crippen LogP contribution in [0.25, 0.3) is 21.5 Å². The maximum absolute atomic E-state index is 5.84. The molecule has 1 unspecified atom stereocenters. The van der Waals surface area contributed by atoms with Crippen molar-refractivity contribution in [2.45, 2.75) is 31.6 Å². The molecule has 0 amide bonds. The Kier molecular flexibility index (Phi) is 5.76. The first-order chi connectivity index (χ1) is 16.2. The molecule has 1 aliphatic carbocycles. The number of ether oxygens (including phenoxy) is 4. The standard InChI is InChI=1S/C29H30O4/c1-30-20-11-14-26(31-2)19(16-20)15-18-7-5-8-22-21(18)12-13-23-24-9-6-10-27(32-3)29(24)28(33-4)17-25(22)23/h6,9-14,16-18H,5,7-8,15H2,1-4H3. The zero-order valence-corrected chi connectivity index (χ0v) is 19.7. The third kappa shape index (κ3) is 3.64. The molecule has 4 aromatic carbocycles. The molecular weight excluding hydrogens is 412 g/mol. The highest BCUT2D eigenvalue weighted by Gasteiger charge is 2.25. The maximum Gasteiger partial charge on any atom is 0.131 e. The Labute approximate surface area is 195 Å². The van der Waals surface area contributed by atoms with Crippen LogP contribution in [-0.2, 0) is 12.8 Å². The van der Waals surface area contributed by atoms with Gasteiger partial charge in [0.2, 0.25) is 0 Å². The molecule has 0 saturated heterocycles. The van der Waals surface area contributed by atoms with Gasteiger partial charge in [0.05, 0.1) is 33.8 Å². The van der Waals surface area contributed by atoms with E-state index in [9.17, 15) is 0 Å². The molecule has 0 saturated carbocycles. The summed E-state index contributed by atoms with van der Waals surface area (Å²) in [6, 6.07) is 19.1. The highest BCUT2D eigenvalue weighted by molar-refractivity contribution is 6.13. The molecule has 4 aromatic rings. The molecule has 4 nitrogen and oxygen atoms in total. The number of methoxy groups -OCH3 is 4. The minimum atomic E-state index is 0.436. The molecule has 1 atom stereocenters. The van der Waals surface area contributed by atoms with E-state index in [-0.39, 0.29) is 0 Å². The Balaban J connectivity index is 1.65. The van der Waals surface area contributed by atoms with Gasteiger partial charge in [-0.15, -0.1) is 0 Å². The van der Waals surface area contributed by atoms with Crippen molar-refractivity contribution in [1.82, 2.24) is 0 Å². The molecule has 0 radical (unpaired) electrons. The van der Waals surface area contributed by atoms with Gasteiger partial charge in [-0.3, -0.25) is 0 Å². The Hall–Kier alpha value is -3.40. The van der Waals surface area contributed by atoms with Gasteiger partial charge in [0.15, 0.2) is 0 Å². The molecule has 0 N–H and O–H groups in total. The van der Waals surface area contributed by atoms with E-state index in [0.717, 1.165) is 47.6 Å². The lowest BCUT2D eigenvalue weighted by Gasteiger charge is -2.28. The number of benzene rings is 4. The smallest absolute Gasteiger partial charge is 0.131 e. The average molecular weight is 443 g/mol. The monoisotopic (exact) mass is 442 g/mol. The molecule has 1 aliphatic rings. The first-order valence-electron chi connectivity index (χ1n) is 11.5. The van der Waals surface area contributed by atoms with Crippen LogP contribution < -0.4 is 18.9 Å². The fourth-order valence-electron chi connectivity index (χ4n) is 5.49. The van der Waals surface area contributed by atoms with Gasteiger partial charge in [-0.25, -0.2) is 0 Å². The van der Waals surface area contributed by atoms with Crippen molar-refractivity contribution in [3.05, 3.63) is 71.3 Å². The molecule has 0 fully saturated rings. The van der Waals surface area contributed by atoms with Crippen molar-refractivity contribution >= 4 is 21.5 Å². The Bertz CT molecular complexity index is 1320. The van der Waals surface area contributed by atoms with Crippen molar-refractivity contribution in [3.63, 3.8) is 0 Å². The second-order valence-electron chi connectivity index (χ2n) is 8.66. The van der Waals surface area contributed by atoms with E-state index in [1.807, 2.05) is 18.2 Å². The molecule has 0 heterocycles. The molecule has 5 rings (SSSR count). The molecule has 170 valence electrons. The van der Waals surface area contributed by atoms with Gasteiger partial charge in [-0.1, -0.05) is 24.3 Å². The zero-order chi connectivity index (χ0) is 22.9. The van der Waals surface area contributed by atoms with E-state index in [2.05, 4.69) is 36.4 Å². The predicted octanol–water partition coefficient (Wildman–Crippen LogP) is 6.69. The van der Waals surface area contributed by atoms with Crippen LogP contribution in [0.4, 0.5) is 0 Å². The van der Waals surface area contributed by atoms with E-state index in [0.29, 0.717) is 5.92 Å². The predicted molar refractivity (Wildman–Crippen MR) is 133 cm³/mol. The van der Waals surface area contributed by atoms with Crippen LogP contribution in [-0.4, -0.2) is 28.4 Å². The van der Waals surface area contributed by atoms with Crippen molar-refractivity contribution in [2.75, 3.05) is 28.4 Å². The summed E-state index contributed by atoms with van der Waals surface area (Å²) in [5.74, 6) is 3.92. The van der Waals surface area contributed by atoms with Crippen LogP contribution in [0, 0.1) is 0 Å². The minimum absolute atomic E-state index is 0.436. The lowest BCUT2D eigenvalue weighted by atomic mass is 9.77. The summed E-state index contributed by atoms with van der Waals surface area (Å²) in [6.45, 7) is 0. The molecule has 33 heavy (non-hydrogen) atoms. The summed E-state index contributed by atoms with van der Waals surface area (Å²) < 4.78 is 22.6. The second-order valence-corrected chi connectivity index (χ2v) is 8.66. The van der Waals surface area contributed by atoms with Gasteiger partial charge in [-0.2, -0.15) is 0 Å². The van der Waals surface area contributed by atoms with Gasteiger partial charge in [0, 0.05) is 0 Å². The van der Waals surface area contributed by atoms with Gasteiger partial charge in [0.25, 0.3) is 0 Å². The maximum atomic E-state index is 5.84. The lowest BCUT2D eigenvalue weighted by molar-refractivity contribution is 0.396.